The highest BCUT2D eigenvalue weighted by Crippen LogP contribution is 2.15. The van der Waals surface area contributed by atoms with Gasteiger partial charge in [-0.3, -0.25) is 0 Å². The molecule has 0 radical (unpaired) electrons. The number of rotatable bonds is 7. The summed E-state index contributed by atoms with van der Waals surface area (Å²) in [5.74, 6) is 1.70. The van der Waals surface area contributed by atoms with E-state index in [-0.39, 0.29) is 0 Å². The summed E-state index contributed by atoms with van der Waals surface area (Å²) in [6.45, 7) is 12.0. The van der Waals surface area contributed by atoms with Gasteiger partial charge in [-0.25, -0.2) is 0 Å². The van der Waals surface area contributed by atoms with Crippen LogP contribution in [-0.4, -0.2) is 63.2 Å². The number of hydrogen-bond acceptors (Lipinski definition) is 3. The second-order valence-corrected chi connectivity index (χ2v) is 5.34. The number of nitrogens with zero attached hydrogens (tertiary/aromatic N) is 2. The first kappa shape index (κ1) is 12.9. The van der Waals surface area contributed by atoms with E-state index in [1.165, 1.54) is 32.7 Å². The Balaban J connectivity index is 2.01. The third kappa shape index (κ3) is 4.96. The van der Waals surface area contributed by atoms with Gasteiger partial charge in [-0.05, 0) is 25.9 Å². The van der Waals surface area contributed by atoms with Gasteiger partial charge in [0.1, 0.15) is 0 Å². The molecule has 90 valence electrons. The lowest BCUT2D eigenvalue weighted by Gasteiger charge is -2.41. The molecule has 1 N–H and O–H groups in total. The Morgan fingerprint density at radius 2 is 2.07 bits per heavy atom. The van der Waals surface area contributed by atoms with Crippen molar-refractivity contribution in [1.29, 1.82) is 0 Å². The Hall–Kier alpha value is -0.120. The molecular formula is C12H27N3. The minimum Gasteiger partial charge on any atom is -0.318 e. The SMILES string of the molecule is CNCCN1CC(CN(C)CC(C)C)C1. The normalized spacial score (nSPS) is 18.8. The van der Waals surface area contributed by atoms with Crippen molar-refractivity contribution >= 4 is 0 Å². The molecule has 3 heteroatoms. The van der Waals surface area contributed by atoms with Crippen LogP contribution in [0.15, 0.2) is 0 Å². The Labute approximate surface area is 94.8 Å². The van der Waals surface area contributed by atoms with E-state index < -0.39 is 0 Å². The van der Waals surface area contributed by atoms with E-state index in [0.717, 1.165) is 18.4 Å². The molecule has 0 saturated carbocycles. The summed E-state index contributed by atoms with van der Waals surface area (Å²) in [7, 11) is 4.27. The van der Waals surface area contributed by atoms with E-state index in [1.54, 1.807) is 0 Å². The number of likely N-dealkylation sites (tertiary alicyclic amines) is 1. The van der Waals surface area contributed by atoms with Crippen LogP contribution < -0.4 is 5.32 Å². The van der Waals surface area contributed by atoms with Crippen molar-refractivity contribution in [1.82, 2.24) is 15.1 Å². The summed E-state index contributed by atoms with van der Waals surface area (Å²) in [5, 5.41) is 3.20. The van der Waals surface area contributed by atoms with Gasteiger partial charge in [0.05, 0.1) is 0 Å². The van der Waals surface area contributed by atoms with Crippen LogP contribution in [0.4, 0.5) is 0 Å². The zero-order valence-corrected chi connectivity index (χ0v) is 10.8. The zero-order chi connectivity index (χ0) is 11.3. The van der Waals surface area contributed by atoms with Crippen molar-refractivity contribution < 1.29 is 0 Å². The van der Waals surface area contributed by atoms with Gasteiger partial charge in [0.2, 0.25) is 0 Å². The van der Waals surface area contributed by atoms with Gasteiger partial charge in [0, 0.05) is 39.3 Å². The highest BCUT2D eigenvalue weighted by atomic mass is 15.2. The fraction of sp³-hybridized carbons (Fsp3) is 1.00. The fourth-order valence-corrected chi connectivity index (χ4v) is 2.38. The molecule has 0 aromatic rings. The van der Waals surface area contributed by atoms with E-state index in [2.05, 4.69) is 36.0 Å². The van der Waals surface area contributed by atoms with E-state index in [0.29, 0.717) is 0 Å². The predicted octanol–water partition coefficient (Wildman–Crippen LogP) is 0.725. The number of likely N-dealkylation sites (N-methyl/N-ethyl adjacent to an activating group) is 1. The van der Waals surface area contributed by atoms with Crippen molar-refractivity contribution in [3.05, 3.63) is 0 Å². The topological polar surface area (TPSA) is 18.5 Å². The molecule has 1 saturated heterocycles. The maximum Gasteiger partial charge on any atom is 0.0107 e. The van der Waals surface area contributed by atoms with Gasteiger partial charge in [-0.1, -0.05) is 13.8 Å². The molecule has 0 amide bonds. The van der Waals surface area contributed by atoms with Crippen LogP contribution in [0, 0.1) is 11.8 Å². The minimum absolute atomic E-state index is 0.787. The Morgan fingerprint density at radius 3 is 2.60 bits per heavy atom. The Morgan fingerprint density at radius 1 is 1.40 bits per heavy atom. The largest absolute Gasteiger partial charge is 0.318 e. The molecule has 1 aliphatic rings. The second-order valence-electron chi connectivity index (χ2n) is 5.34. The Kier molecular flexibility index (Phi) is 5.58. The second kappa shape index (κ2) is 6.46. The summed E-state index contributed by atoms with van der Waals surface area (Å²) in [5.41, 5.74) is 0. The summed E-state index contributed by atoms with van der Waals surface area (Å²) >= 11 is 0. The first-order chi connectivity index (χ1) is 7.11. The van der Waals surface area contributed by atoms with Gasteiger partial charge in [0.15, 0.2) is 0 Å². The summed E-state index contributed by atoms with van der Waals surface area (Å²) < 4.78 is 0. The van der Waals surface area contributed by atoms with Gasteiger partial charge in [-0.15, -0.1) is 0 Å². The van der Waals surface area contributed by atoms with Crippen LogP contribution in [0.25, 0.3) is 0 Å². The third-order valence-electron chi connectivity index (χ3n) is 2.96. The minimum atomic E-state index is 0.787. The Bertz CT molecular complexity index is 164. The van der Waals surface area contributed by atoms with E-state index >= 15 is 0 Å². The van der Waals surface area contributed by atoms with Crippen molar-refractivity contribution in [3.8, 4) is 0 Å². The smallest absolute Gasteiger partial charge is 0.0107 e. The monoisotopic (exact) mass is 213 g/mol. The standard InChI is InChI=1S/C12H27N3/c1-11(2)7-14(4)8-12-9-15(10-12)6-5-13-3/h11-13H,5-10H2,1-4H3. The number of nitrogens with one attached hydrogen (secondary N) is 1. The predicted molar refractivity (Wildman–Crippen MR) is 66.2 cm³/mol. The molecule has 0 atom stereocenters. The van der Waals surface area contributed by atoms with Gasteiger partial charge in [-0.2, -0.15) is 0 Å². The molecule has 0 spiro atoms. The lowest BCUT2D eigenvalue weighted by atomic mass is 9.99. The molecule has 0 aliphatic carbocycles. The van der Waals surface area contributed by atoms with Gasteiger partial charge >= 0.3 is 0 Å². The quantitative estimate of drug-likeness (QED) is 0.672. The summed E-state index contributed by atoms with van der Waals surface area (Å²) in [6.07, 6.45) is 0. The average molecular weight is 213 g/mol. The first-order valence-corrected chi connectivity index (χ1v) is 6.17. The molecule has 1 fully saturated rings. The highest BCUT2D eigenvalue weighted by Gasteiger charge is 2.26. The van der Waals surface area contributed by atoms with Crippen molar-refractivity contribution in [2.75, 3.05) is 53.4 Å². The van der Waals surface area contributed by atoms with Crippen LogP contribution in [0.1, 0.15) is 13.8 Å². The molecule has 0 aromatic carbocycles. The molecule has 3 nitrogen and oxygen atoms in total. The van der Waals surface area contributed by atoms with Crippen LogP contribution in [0.5, 0.6) is 0 Å². The van der Waals surface area contributed by atoms with Gasteiger partial charge < -0.3 is 15.1 Å². The molecule has 15 heavy (non-hydrogen) atoms. The lowest BCUT2D eigenvalue weighted by molar-refractivity contribution is 0.0730. The molecule has 0 aromatic heterocycles. The van der Waals surface area contributed by atoms with Crippen molar-refractivity contribution in [2.45, 2.75) is 13.8 Å². The molecule has 0 bridgehead atoms. The first-order valence-electron chi connectivity index (χ1n) is 6.17. The zero-order valence-electron chi connectivity index (χ0n) is 10.8. The van der Waals surface area contributed by atoms with Crippen LogP contribution in [0.3, 0.4) is 0 Å². The van der Waals surface area contributed by atoms with E-state index in [9.17, 15) is 0 Å². The maximum absolute atomic E-state index is 3.20. The van der Waals surface area contributed by atoms with E-state index in [4.69, 9.17) is 0 Å². The van der Waals surface area contributed by atoms with Crippen molar-refractivity contribution in [3.63, 3.8) is 0 Å². The van der Waals surface area contributed by atoms with Crippen molar-refractivity contribution in [2.24, 2.45) is 11.8 Å². The maximum atomic E-state index is 3.20. The van der Waals surface area contributed by atoms with Crippen LogP contribution >= 0.6 is 0 Å². The lowest BCUT2D eigenvalue weighted by Crippen LogP contribution is -2.52. The third-order valence-corrected chi connectivity index (χ3v) is 2.96. The van der Waals surface area contributed by atoms with Crippen LogP contribution in [0.2, 0.25) is 0 Å². The molecule has 1 rings (SSSR count). The molecule has 1 heterocycles. The van der Waals surface area contributed by atoms with E-state index in [1.807, 2.05) is 7.05 Å². The number of hydrogen-bond donors (Lipinski definition) is 1. The molecule has 0 unspecified atom stereocenters. The average Bonchev–Trinajstić information content (AvgIpc) is 2.07. The highest BCUT2D eigenvalue weighted by molar-refractivity contribution is 4.82. The molecule has 1 aliphatic heterocycles. The summed E-state index contributed by atoms with van der Waals surface area (Å²) in [6, 6.07) is 0. The van der Waals surface area contributed by atoms with Gasteiger partial charge in [0.25, 0.3) is 0 Å². The summed E-state index contributed by atoms with van der Waals surface area (Å²) in [4.78, 5) is 5.01. The fourth-order valence-electron chi connectivity index (χ4n) is 2.38. The van der Waals surface area contributed by atoms with Crippen LogP contribution in [-0.2, 0) is 0 Å². The molecular weight excluding hydrogens is 186 g/mol.